The van der Waals surface area contributed by atoms with Crippen LogP contribution < -0.4 is 20.7 Å². The number of hydrogen-bond acceptors (Lipinski definition) is 8. The van der Waals surface area contributed by atoms with Gasteiger partial charge in [-0.25, -0.2) is 4.98 Å². The van der Waals surface area contributed by atoms with Crippen molar-refractivity contribution in [2.24, 2.45) is 11.7 Å². The maximum atomic E-state index is 13.2. The molecule has 1 aliphatic heterocycles. The first-order valence-electron chi connectivity index (χ1n) is 12.4. The molecule has 3 heterocycles. The quantitative estimate of drug-likeness (QED) is 0.494. The lowest BCUT2D eigenvalue weighted by Gasteiger charge is -2.36. The molecule has 1 saturated carbocycles. The van der Waals surface area contributed by atoms with Crippen LogP contribution in [-0.4, -0.2) is 46.8 Å². The summed E-state index contributed by atoms with van der Waals surface area (Å²) in [4.78, 5) is 20.1. The number of piperidine rings is 1. The lowest BCUT2D eigenvalue weighted by molar-refractivity contribution is 0.102. The fourth-order valence-corrected chi connectivity index (χ4v) is 5.87. The first-order chi connectivity index (χ1) is 17.1. The number of amides is 1. The highest BCUT2D eigenvalue weighted by atomic mass is 32.1. The van der Waals surface area contributed by atoms with Crippen LogP contribution in [0.2, 0.25) is 0 Å². The zero-order chi connectivity index (χ0) is 24.2. The molecule has 35 heavy (non-hydrogen) atoms. The third kappa shape index (κ3) is 5.31. The monoisotopic (exact) mass is 492 g/mol. The van der Waals surface area contributed by atoms with Crippen molar-refractivity contribution in [1.82, 2.24) is 15.2 Å². The van der Waals surface area contributed by atoms with E-state index in [4.69, 9.17) is 10.5 Å². The number of carbonyl (C=O) groups excluding carboxylic acids is 1. The highest BCUT2D eigenvalue weighted by Crippen LogP contribution is 2.39. The number of nitrogens with two attached hydrogens (primary N) is 1. The van der Waals surface area contributed by atoms with E-state index in [0.29, 0.717) is 18.2 Å². The van der Waals surface area contributed by atoms with Crippen molar-refractivity contribution in [2.75, 3.05) is 29.9 Å². The van der Waals surface area contributed by atoms with Gasteiger partial charge < -0.3 is 20.7 Å². The molecule has 1 aromatic carbocycles. The molecule has 184 valence electrons. The Morgan fingerprint density at radius 1 is 1.20 bits per heavy atom. The van der Waals surface area contributed by atoms with E-state index < -0.39 is 0 Å². The van der Waals surface area contributed by atoms with E-state index in [1.807, 2.05) is 18.2 Å². The molecule has 2 aromatic heterocycles. The van der Waals surface area contributed by atoms with Crippen molar-refractivity contribution in [3.63, 3.8) is 0 Å². The third-order valence-electron chi connectivity index (χ3n) is 6.96. The molecule has 8 nitrogen and oxygen atoms in total. The molecule has 3 aromatic rings. The van der Waals surface area contributed by atoms with E-state index in [1.54, 1.807) is 17.8 Å². The van der Waals surface area contributed by atoms with Gasteiger partial charge in [0.1, 0.15) is 16.5 Å². The van der Waals surface area contributed by atoms with Gasteiger partial charge in [0.2, 0.25) is 0 Å². The number of rotatable bonds is 7. The molecule has 5 rings (SSSR count). The normalized spacial score (nSPS) is 18.6. The second-order valence-electron chi connectivity index (χ2n) is 9.42. The smallest absolute Gasteiger partial charge is 0.275 e. The molecule has 2 aliphatic rings. The van der Waals surface area contributed by atoms with Crippen LogP contribution in [0.1, 0.15) is 54.6 Å². The number of nitrogens with zero attached hydrogens (tertiary/aromatic N) is 4. The Labute approximate surface area is 209 Å². The van der Waals surface area contributed by atoms with Gasteiger partial charge in [0, 0.05) is 29.6 Å². The van der Waals surface area contributed by atoms with E-state index in [9.17, 15) is 4.79 Å². The van der Waals surface area contributed by atoms with Crippen molar-refractivity contribution in [3.8, 4) is 16.3 Å². The predicted octanol–water partition coefficient (Wildman–Crippen LogP) is 4.66. The van der Waals surface area contributed by atoms with Gasteiger partial charge in [-0.2, -0.15) is 10.2 Å². The SMILES string of the molecule is Cc1c(OC2CCCC2)ccc(NC(=O)c2csc(-c3ccnnc3)n2)c1N1CCC[C@@H](CN)C1. The Bertz CT molecular complexity index is 1160. The molecule has 1 aliphatic carbocycles. The van der Waals surface area contributed by atoms with Crippen molar-refractivity contribution in [2.45, 2.75) is 51.6 Å². The minimum absolute atomic E-state index is 0.230. The Hall–Kier alpha value is -3.04. The lowest BCUT2D eigenvalue weighted by atomic mass is 9.96. The number of benzene rings is 1. The standard InChI is InChI=1S/C26H32N6O2S/c1-17-23(34-20-6-2-3-7-20)9-8-21(24(17)32-12-4-5-18(13-27)15-32)30-25(33)22-16-35-26(31-22)19-10-11-28-29-14-19/h8-11,14,16,18,20H,2-7,12-13,15,27H2,1H3,(H,30,33)/t18-/m0/s1. The van der Waals surface area contributed by atoms with Gasteiger partial charge in [-0.3, -0.25) is 4.79 Å². The molecule has 0 bridgehead atoms. The van der Waals surface area contributed by atoms with Gasteiger partial charge in [-0.1, -0.05) is 0 Å². The van der Waals surface area contributed by atoms with Gasteiger partial charge in [-0.15, -0.1) is 11.3 Å². The highest BCUT2D eigenvalue weighted by Gasteiger charge is 2.26. The fourth-order valence-electron chi connectivity index (χ4n) is 5.08. The van der Waals surface area contributed by atoms with E-state index in [1.165, 1.54) is 24.2 Å². The summed E-state index contributed by atoms with van der Waals surface area (Å²) >= 11 is 1.42. The Kier molecular flexibility index (Phi) is 7.24. The molecule has 2 fully saturated rings. The second-order valence-corrected chi connectivity index (χ2v) is 10.3. The van der Waals surface area contributed by atoms with Crippen LogP contribution in [0.3, 0.4) is 0 Å². The van der Waals surface area contributed by atoms with Crippen LogP contribution in [0.4, 0.5) is 11.4 Å². The van der Waals surface area contributed by atoms with Crippen molar-refractivity contribution < 1.29 is 9.53 Å². The maximum absolute atomic E-state index is 13.2. The average molecular weight is 493 g/mol. The summed E-state index contributed by atoms with van der Waals surface area (Å²) in [6, 6.07) is 5.80. The average Bonchev–Trinajstić information content (AvgIpc) is 3.59. The van der Waals surface area contributed by atoms with Gasteiger partial charge in [0.05, 0.1) is 29.9 Å². The zero-order valence-corrected chi connectivity index (χ0v) is 20.9. The van der Waals surface area contributed by atoms with Crippen LogP contribution in [-0.2, 0) is 0 Å². The van der Waals surface area contributed by atoms with E-state index in [0.717, 1.165) is 72.0 Å². The van der Waals surface area contributed by atoms with E-state index in [2.05, 4.69) is 32.3 Å². The predicted molar refractivity (Wildman–Crippen MR) is 139 cm³/mol. The summed E-state index contributed by atoms with van der Waals surface area (Å²) in [5.74, 6) is 1.12. The number of thiazole rings is 1. The van der Waals surface area contributed by atoms with Crippen LogP contribution in [0, 0.1) is 12.8 Å². The molecule has 3 N–H and O–H groups in total. The molecule has 1 atom stereocenters. The third-order valence-corrected chi connectivity index (χ3v) is 7.85. The largest absolute Gasteiger partial charge is 0.490 e. The highest BCUT2D eigenvalue weighted by molar-refractivity contribution is 7.13. The fraction of sp³-hybridized carbons (Fsp3) is 0.462. The van der Waals surface area contributed by atoms with E-state index >= 15 is 0 Å². The minimum Gasteiger partial charge on any atom is -0.490 e. The number of aromatic nitrogens is 3. The summed E-state index contributed by atoms with van der Waals surface area (Å²) in [5, 5.41) is 13.4. The molecule has 0 radical (unpaired) electrons. The summed E-state index contributed by atoms with van der Waals surface area (Å²) in [7, 11) is 0. The van der Waals surface area contributed by atoms with Crippen LogP contribution in [0.5, 0.6) is 5.75 Å². The molecule has 0 spiro atoms. The second kappa shape index (κ2) is 10.7. The topological polar surface area (TPSA) is 106 Å². The Morgan fingerprint density at radius 3 is 2.83 bits per heavy atom. The molecule has 1 saturated heterocycles. The van der Waals surface area contributed by atoms with Crippen molar-refractivity contribution >= 4 is 28.6 Å². The molecule has 1 amide bonds. The molecular weight excluding hydrogens is 460 g/mol. The first kappa shape index (κ1) is 23.7. The lowest BCUT2D eigenvalue weighted by Crippen LogP contribution is -2.39. The number of hydrogen-bond donors (Lipinski definition) is 2. The molecule has 0 unspecified atom stereocenters. The molecule has 9 heteroatoms. The van der Waals surface area contributed by atoms with Crippen molar-refractivity contribution in [1.29, 1.82) is 0 Å². The zero-order valence-electron chi connectivity index (χ0n) is 20.1. The first-order valence-corrected chi connectivity index (χ1v) is 13.3. The Morgan fingerprint density at radius 2 is 2.06 bits per heavy atom. The van der Waals surface area contributed by atoms with Gasteiger partial charge >= 0.3 is 0 Å². The summed E-state index contributed by atoms with van der Waals surface area (Å²) in [5.41, 5.74) is 10.1. The Balaban J connectivity index is 1.42. The summed E-state index contributed by atoms with van der Waals surface area (Å²) in [6.45, 7) is 4.58. The van der Waals surface area contributed by atoms with Gasteiger partial charge in [0.25, 0.3) is 5.91 Å². The van der Waals surface area contributed by atoms with Crippen LogP contribution in [0.15, 0.2) is 36.0 Å². The van der Waals surface area contributed by atoms with Crippen LogP contribution in [0.25, 0.3) is 10.6 Å². The van der Waals surface area contributed by atoms with Crippen LogP contribution >= 0.6 is 11.3 Å². The molecular formula is C26H32N6O2S. The van der Waals surface area contributed by atoms with Gasteiger partial charge in [-0.05, 0) is 76.1 Å². The summed E-state index contributed by atoms with van der Waals surface area (Å²) < 4.78 is 6.40. The maximum Gasteiger partial charge on any atom is 0.275 e. The van der Waals surface area contributed by atoms with E-state index in [-0.39, 0.29) is 12.0 Å². The number of carbonyl (C=O) groups is 1. The number of anilines is 2. The number of ether oxygens (including phenoxy) is 1. The van der Waals surface area contributed by atoms with Crippen molar-refractivity contribution in [3.05, 3.63) is 47.2 Å². The minimum atomic E-state index is -0.230. The number of nitrogens with one attached hydrogen (secondary N) is 1. The van der Waals surface area contributed by atoms with Gasteiger partial charge in [0.15, 0.2) is 0 Å². The summed E-state index contributed by atoms with van der Waals surface area (Å²) in [6.07, 6.45) is 10.4.